The maximum Gasteiger partial charge on any atom is 0.243 e. The molecule has 0 saturated carbocycles. The van der Waals surface area contributed by atoms with Gasteiger partial charge in [-0.2, -0.15) is 0 Å². The van der Waals surface area contributed by atoms with Crippen LogP contribution in [0.15, 0.2) is 18.7 Å². The van der Waals surface area contributed by atoms with Gasteiger partial charge in [0.05, 0.1) is 13.6 Å². The van der Waals surface area contributed by atoms with E-state index in [0.29, 0.717) is 0 Å². The van der Waals surface area contributed by atoms with Gasteiger partial charge in [-0.3, -0.25) is 0 Å². The van der Waals surface area contributed by atoms with Crippen LogP contribution in [-0.4, -0.2) is 12.6 Å². The normalized spacial score (nSPS) is 10.9. The quantitative estimate of drug-likeness (QED) is 0.319. The molecule has 0 bridgehead atoms. The minimum absolute atomic E-state index is 1.02. The van der Waals surface area contributed by atoms with Gasteiger partial charge in [-0.05, 0) is 6.42 Å². The van der Waals surface area contributed by atoms with Crippen LogP contribution < -0.4 is 4.57 Å². The van der Waals surface area contributed by atoms with Crippen molar-refractivity contribution >= 4 is 8.07 Å². The zero-order valence-corrected chi connectivity index (χ0v) is 11.2. The Balaban J connectivity index is 2.25. The van der Waals surface area contributed by atoms with E-state index in [1.165, 1.54) is 0 Å². The zero-order valence-electron chi connectivity index (χ0n) is 10.2. The number of nitrogens with zero attached hydrogens (tertiary/aromatic N) is 2. The molecular weight excluding hydrogens is 200 g/mol. The smallest absolute Gasteiger partial charge is 0.240 e. The van der Waals surface area contributed by atoms with Crippen molar-refractivity contribution in [3.8, 4) is 11.5 Å². The maximum atomic E-state index is 3.39. The second-order valence-electron chi connectivity index (χ2n) is 4.97. The topological polar surface area (TPSA) is 8.81 Å². The molecular formula is C12H21N2Si+. The number of rotatable bonds is 3. The predicted octanol–water partition coefficient (Wildman–Crippen LogP) is 1.97. The summed E-state index contributed by atoms with van der Waals surface area (Å²) in [5, 5.41) is 0. The van der Waals surface area contributed by atoms with Crippen LogP contribution in [0.4, 0.5) is 0 Å². The molecule has 0 unspecified atom stereocenters. The van der Waals surface area contributed by atoms with Gasteiger partial charge in [0.25, 0.3) is 0 Å². The summed E-state index contributed by atoms with van der Waals surface area (Å²) in [6, 6.07) is 0. The highest BCUT2D eigenvalue weighted by Gasteiger charge is 2.06. The Bertz CT molecular complexity index is 363. The van der Waals surface area contributed by atoms with Crippen molar-refractivity contribution in [1.29, 1.82) is 0 Å². The Hall–Kier alpha value is -1.01. The second-order valence-corrected chi connectivity index (χ2v) is 9.72. The first-order valence-corrected chi connectivity index (χ1v) is 8.98. The molecule has 0 fully saturated rings. The number of unbranched alkanes of at least 4 members (excludes halogenated alkanes) is 1. The van der Waals surface area contributed by atoms with Crippen LogP contribution in [0, 0.1) is 11.5 Å². The average Bonchev–Trinajstić information content (AvgIpc) is 2.49. The molecule has 0 aromatic carbocycles. The van der Waals surface area contributed by atoms with Crippen LogP contribution in [0.3, 0.4) is 0 Å². The van der Waals surface area contributed by atoms with Gasteiger partial charge < -0.3 is 0 Å². The molecule has 1 rings (SSSR count). The minimum Gasteiger partial charge on any atom is -0.240 e. The molecule has 1 aromatic rings. The van der Waals surface area contributed by atoms with Gasteiger partial charge in [0.15, 0.2) is 0 Å². The lowest BCUT2D eigenvalue weighted by molar-refractivity contribution is -0.671. The Kier molecular flexibility index (Phi) is 4.16. The minimum atomic E-state index is -1.15. The predicted molar refractivity (Wildman–Crippen MR) is 66.0 cm³/mol. The number of imidazole rings is 1. The molecule has 0 atom stereocenters. The fraction of sp³-hybridized carbons (Fsp3) is 0.583. The number of aromatic nitrogens is 2. The lowest BCUT2D eigenvalue weighted by atomic mass is 10.3. The van der Waals surface area contributed by atoms with Crippen molar-refractivity contribution in [3.63, 3.8) is 0 Å². The Labute approximate surface area is 93.9 Å². The monoisotopic (exact) mass is 221 g/mol. The SMILES string of the molecule is C[n+]1ccn(CCCC#C[Si](C)(C)C)c1. The highest BCUT2D eigenvalue weighted by molar-refractivity contribution is 6.83. The standard InChI is InChI=1S/C12H21N2Si/c1-13-9-10-14(12-13)8-6-5-7-11-15(2,3)4/h9-10,12H,5-6,8H2,1-4H3/q+1. The molecule has 0 aliphatic carbocycles. The first-order valence-electron chi connectivity index (χ1n) is 5.48. The largest absolute Gasteiger partial charge is 0.243 e. The lowest BCUT2D eigenvalue weighted by Gasteiger charge is -2.02. The molecule has 0 aliphatic heterocycles. The van der Waals surface area contributed by atoms with Crippen molar-refractivity contribution in [1.82, 2.24) is 4.57 Å². The summed E-state index contributed by atoms with van der Waals surface area (Å²) in [5.41, 5.74) is 3.39. The third-order valence-electron chi connectivity index (χ3n) is 2.01. The fourth-order valence-corrected chi connectivity index (χ4v) is 1.97. The molecule has 0 radical (unpaired) electrons. The molecule has 0 amide bonds. The van der Waals surface area contributed by atoms with Crippen LogP contribution in [0.2, 0.25) is 19.6 Å². The molecule has 3 heteroatoms. The van der Waals surface area contributed by atoms with Crippen LogP contribution in [0.1, 0.15) is 12.8 Å². The van der Waals surface area contributed by atoms with E-state index < -0.39 is 8.07 Å². The second kappa shape index (κ2) is 5.18. The van der Waals surface area contributed by atoms with Crippen molar-refractivity contribution in [3.05, 3.63) is 18.7 Å². The van der Waals surface area contributed by atoms with Crippen LogP contribution in [0.5, 0.6) is 0 Å². The van der Waals surface area contributed by atoms with Gasteiger partial charge in [0.1, 0.15) is 20.5 Å². The van der Waals surface area contributed by atoms with Crippen molar-refractivity contribution < 1.29 is 4.57 Å². The summed E-state index contributed by atoms with van der Waals surface area (Å²) in [6.45, 7) is 7.92. The number of aryl methyl sites for hydroxylation is 2. The Morgan fingerprint density at radius 3 is 2.60 bits per heavy atom. The third kappa shape index (κ3) is 5.43. The van der Waals surface area contributed by atoms with Gasteiger partial charge in [0, 0.05) is 6.42 Å². The summed E-state index contributed by atoms with van der Waals surface area (Å²) in [5.74, 6) is 3.29. The van der Waals surface area contributed by atoms with E-state index in [1.807, 2.05) is 7.05 Å². The molecule has 0 spiro atoms. The zero-order chi connectivity index (χ0) is 11.3. The Morgan fingerprint density at radius 1 is 1.33 bits per heavy atom. The van der Waals surface area contributed by atoms with Crippen molar-refractivity contribution in [2.24, 2.45) is 7.05 Å². The molecule has 1 aromatic heterocycles. The average molecular weight is 221 g/mol. The number of hydrogen-bond acceptors (Lipinski definition) is 0. The third-order valence-corrected chi connectivity index (χ3v) is 2.93. The first kappa shape index (κ1) is 12.1. The van der Waals surface area contributed by atoms with Gasteiger partial charge in [0.2, 0.25) is 6.33 Å². The van der Waals surface area contributed by atoms with E-state index in [2.05, 4.69) is 59.0 Å². The van der Waals surface area contributed by atoms with E-state index in [1.54, 1.807) is 0 Å². The van der Waals surface area contributed by atoms with E-state index in [4.69, 9.17) is 0 Å². The molecule has 0 aliphatic rings. The van der Waals surface area contributed by atoms with Gasteiger partial charge in [-0.25, -0.2) is 9.13 Å². The van der Waals surface area contributed by atoms with Gasteiger partial charge >= 0.3 is 0 Å². The summed E-state index contributed by atoms with van der Waals surface area (Å²) in [6.07, 6.45) is 8.43. The van der Waals surface area contributed by atoms with E-state index in [0.717, 1.165) is 19.4 Å². The number of hydrogen-bond donors (Lipinski definition) is 0. The molecule has 0 N–H and O–H groups in total. The highest BCUT2D eigenvalue weighted by Crippen LogP contribution is 1.98. The highest BCUT2D eigenvalue weighted by atomic mass is 28.3. The van der Waals surface area contributed by atoms with E-state index >= 15 is 0 Å². The summed E-state index contributed by atoms with van der Waals surface area (Å²) >= 11 is 0. The van der Waals surface area contributed by atoms with E-state index in [-0.39, 0.29) is 0 Å². The summed E-state index contributed by atoms with van der Waals surface area (Å²) in [4.78, 5) is 0. The van der Waals surface area contributed by atoms with Gasteiger partial charge in [-0.15, -0.1) is 11.5 Å². The molecule has 82 valence electrons. The molecule has 0 saturated heterocycles. The van der Waals surface area contributed by atoms with Crippen LogP contribution in [0.25, 0.3) is 0 Å². The van der Waals surface area contributed by atoms with Gasteiger partial charge in [-0.1, -0.05) is 19.6 Å². The summed E-state index contributed by atoms with van der Waals surface area (Å²) in [7, 11) is 0.889. The Morgan fingerprint density at radius 2 is 2.07 bits per heavy atom. The molecule has 1 heterocycles. The fourth-order valence-electron chi connectivity index (χ4n) is 1.31. The summed E-state index contributed by atoms with van der Waals surface area (Å²) < 4.78 is 4.27. The maximum absolute atomic E-state index is 3.39. The molecule has 2 nitrogen and oxygen atoms in total. The van der Waals surface area contributed by atoms with Crippen molar-refractivity contribution in [2.45, 2.75) is 39.0 Å². The van der Waals surface area contributed by atoms with E-state index in [9.17, 15) is 0 Å². The van der Waals surface area contributed by atoms with Crippen LogP contribution in [-0.2, 0) is 13.6 Å². The molecule has 15 heavy (non-hydrogen) atoms. The first-order chi connectivity index (χ1) is 6.97. The lowest BCUT2D eigenvalue weighted by Crippen LogP contribution is -2.23. The van der Waals surface area contributed by atoms with Crippen molar-refractivity contribution in [2.75, 3.05) is 0 Å². The van der Waals surface area contributed by atoms with Crippen LogP contribution >= 0.6 is 0 Å².